The van der Waals surface area contributed by atoms with Crippen LogP contribution in [0, 0.1) is 0 Å². The highest BCUT2D eigenvalue weighted by molar-refractivity contribution is 5.86. The first-order valence-corrected chi connectivity index (χ1v) is 10.9. The Hall–Kier alpha value is -3.92. The Kier molecular flexibility index (Phi) is 6.84. The average molecular weight is 450 g/mol. The summed E-state index contributed by atoms with van der Waals surface area (Å²) in [6.07, 6.45) is 3.57. The summed E-state index contributed by atoms with van der Waals surface area (Å²) in [5.74, 6) is 1.77. The Balaban J connectivity index is 1.41. The van der Waals surface area contributed by atoms with E-state index in [0.717, 1.165) is 35.3 Å². The van der Waals surface area contributed by atoms with Gasteiger partial charge in [-0.15, -0.1) is 0 Å². The van der Waals surface area contributed by atoms with Crippen LogP contribution in [0.3, 0.4) is 0 Å². The van der Waals surface area contributed by atoms with Crippen LogP contribution < -0.4 is 20.2 Å². The summed E-state index contributed by atoms with van der Waals surface area (Å²) >= 11 is 0. The van der Waals surface area contributed by atoms with Crippen LogP contribution in [-0.2, 0) is 6.54 Å². The average Bonchev–Trinajstić information content (AvgIpc) is 3.41. The Morgan fingerprint density at radius 2 is 2.06 bits per heavy atom. The van der Waals surface area contributed by atoms with Gasteiger partial charge in [0.1, 0.15) is 12.1 Å². The highest BCUT2D eigenvalue weighted by Gasteiger charge is 2.12. The third kappa shape index (κ3) is 5.66. The van der Waals surface area contributed by atoms with E-state index in [9.17, 15) is 4.79 Å². The van der Waals surface area contributed by atoms with Crippen molar-refractivity contribution >= 4 is 22.8 Å². The minimum absolute atomic E-state index is 0.278. The molecule has 0 atom stereocenters. The van der Waals surface area contributed by atoms with Gasteiger partial charge in [-0.2, -0.15) is 9.83 Å². The van der Waals surface area contributed by atoms with E-state index in [-0.39, 0.29) is 5.92 Å². The molecule has 0 saturated carbocycles. The lowest BCUT2D eigenvalue weighted by atomic mass is 10.1. The third-order valence-electron chi connectivity index (χ3n) is 4.91. The van der Waals surface area contributed by atoms with Crippen molar-refractivity contribution < 1.29 is 14.4 Å². The van der Waals surface area contributed by atoms with Crippen LogP contribution in [0.15, 0.2) is 48.9 Å². The van der Waals surface area contributed by atoms with Crippen LogP contribution in [0.5, 0.6) is 11.6 Å². The molecule has 0 radical (unpaired) electrons. The van der Waals surface area contributed by atoms with Gasteiger partial charge in [0, 0.05) is 36.0 Å². The van der Waals surface area contributed by atoms with Crippen LogP contribution in [0.1, 0.15) is 44.5 Å². The van der Waals surface area contributed by atoms with Gasteiger partial charge in [-0.1, -0.05) is 20.8 Å². The molecule has 0 saturated heterocycles. The Labute approximate surface area is 191 Å². The second-order valence-corrected chi connectivity index (χ2v) is 7.86. The molecule has 10 nitrogen and oxygen atoms in total. The van der Waals surface area contributed by atoms with Crippen molar-refractivity contribution in [3.05, 3.63) is 60.3 Å². The summed E-state index contributed by atoms with van der Waals surface area (Å²) in [6.45, 7) is 7.77. The number of benzene rings is 1. The zero-order valence-electron chi connectivity index (χ0n) is 18.8. The molecule has 1 amide bonds. The zero-order chi connectivity index (χ0) is 23.2. The molecule has 0 aliphatic carbocycles. The highest BCUT2D eigenvalue weighted by atomic mass is 16.7. The quantitative estimate of drug-likeness (QED) is 0.327. The van der Waals surface area contributed by atoms with Gasteiger partial charge in [0.25, 0.3) is 0 Å². The summed E-state index contributed by atoms with van der Waals surface area (Å²) < 4.78 is 7.30. The lowest BCUT2D eigenvalue weighted by Crippen LogP contribution is -2.24. The molecular formula is C23H27N7O3. The number of ether oxygens (including phenoxy) is 1. The van der Waals surface area contributed by atoms with E-state index < -0.39 is 6.09 Å². The second kappa shape index (κ2) is 10.1. The number of nitrogens with one attached hydrogen (secondary N) is 3. The molecular weight excluding hydrogens is 422 g/mol. The second-order valence-electron chi connectivity index (χ2n) is 7.86. The van der Waals surface area contributed by atoms with Gasteiger partial charge in [-0.05, 0) is 43.1 Å². The van der Waals surface area contributed by atoms with Crippen molar-refractivity contribution in [2.75, 3.05) is 11.9 Å². The van der Waals surface area contributed by atoms with E-state index in [0.29, 0.717) is 24.0 Å². The number of amides is 1. The maximum absolute atomic E-state index is 12.3. The number of nitrogens with zero attached hydrogens (tertiary/aromatic N) is 4. The molecule has 0 bridgehead atoms. The molecule has 0 fully saturated rings. The van der Waals surface area contributed by atoms with E-state index in [2.05, 4.69) is 37.7 Å². The number of aromatic amines is 1. The van der Waals surface area contributed by atoms with Gasteiger partial charge in [0.2, 0.25) is 5.88 Å². The van der Waals surface area contributed by atoms with Gasteiger partial charge in [-0.3, -0.25) is 10.4 Å². The Bertz CT molecular complexity index is 1230. The topological polar surface area (TPSA) is 119 Å². The van der Waals surface area contributed by atoms with Gasteiger partial charge < -0.3 is 14.9 Å². The van der Waals surface area contributed by atoms with Crippen LogP contribution >= 0.6 is 0 Å². The Morgan fingerprint density at radius 3 is 2.85 bits per heavy atom. The third-order valence-corrected chi connectivity index (χ3v) is 4.91. The SMILES string of the molecule is CCCNCc1cc(Oc2ccc3c(ccn3OC(=O)Nc3cc(C(C)C)[nH]n3)c2)ncn1. The lowest BCUT2D eigenvalue weighted by molar-refractivity contribution is 0.153. The molecule has 0 aliphatic heterocycles. The summed E-state index contributed by atoms with van der Waals surface area (Å²) in [7, 11) is 0. The number of aromatic nitrogens is 5. The Morgan fingerprint density at radius 1 is 1.18 bits per heavy atom. The molecule has 33 heavy (non-hydrogen) atoms. The summed E-state index contributed by atoms with van der Waals surface area (Å²) in [5.41, 5.74) is 2.50. The fourth-order valence-electron chi connectivity index (χ4n) is 3.19. The zero-order valence-corrected chi connectivity index (χ0v) is 18.8. The van der Waals surface area contributed by atoms with Gasteiger partial charge in [-0.25, -0.2) is 14.8 Å². The normalized spacial score (nSPS) is 11.2. The number of carbonyl (C=O) groups excluding carboxylic acids is 1. The number of carbonyl (C=O) groups is 1. The monoisotopic (exact) mass is 449 g/mol. The van der Waals surface area contributed by atoms with Crippen LogP contribution in [0.4, 0.5) is 10.6 Å². The highest BCUT2D eigenvalue weighted by Crippen LogP contribution is 2.25. The summed E-state index contributed by atoms with van der Waals surface area (Å²) in [4.78, 5) is 26.1. The van der Waals surface area contributed by atoms with Crippen molar-refractivity contribution in [2.24, 2.45) is 0 Å². The number of hydrogen-bond acceptors (Lipinski definition) is 7. The summed E-state index contributed by atoms with van der Waals surface area (Å²) in [6, 6.07) is 10.9. The van der Waals surface area contributed by atoms with E-state index in [1.807, 2.05) is 38.1 Å². The van der Waals surface area contributed by atoms with E-state index >= 15 is 0 Å². The molecule has 0 spiro atoms. The predicted octanol–water partition coefficient (Wildman–Crippen LogP) is 4.23. The van der Waals surface area contributed by atoms with Crippen molar-refractivity contribution in [1.29, 1.82) is 0 Å². The van der Waals surface area contributed by atoms with Crippen molar-refractivity contribution in [1.82, 2.24) is 30.2 Å². The minimum atomic E-state index is -0.639. The maximum Gasteiger partial charge on any atom is 0.437 e. The minimum Gasteiger partial charge on any atom is -0.439 e. The van der Waals surface area contributed by atoms with Gasteiger partial charge in [0.05, 0.1) is 11.2 Å². The molecule has 10 heteroatoms. The molecule has 4 aromatic rings. The van der Waals surface area contributed by atoms with Gasteiger partial charge in [0.15, 0.2) is 5.82 Å². The van der Waals surface area contributed by atoms with Crippen LogP contribution in [0.2, 0.25) is 0 Å². The fourth-order valence-corrected chi connectivity index (χ4v) is 3.19. The van der Waals surface area contributed by atoms with E-state index in [4.69, 9.17) is 9.57 Å². The number of hydrogen-bond donors (Lipinski definition) is 3. The molecule has 0 aliphatic rings. The number of H-pyrrole nitrogens is 1. The maximum atomic E-state index is 12.3. The number of fused-ring (bicyclic) bond motifs is 1. The molecule has 3 aromatic heterocycles. The molecule has 0 unspecified atom stereocenters. The van der Waals surface area contributed by atoms with Crippen molar-refractivity contribution in [3.63, 3.8) is 0 Å². The first-order chi connectivity index (χ1) is 16.0. The fraction of sp³-hybridized carbons (Fsp3) is 0.304. The molecule has 4 rings (SSSR count). The van der Waals surface area contributed by atoms with Crippen molar-refractivity contribution in [2.45, 2.75) is 39.7 Å². The van der Waals surface area contributed by atoms with Crippen LogP contribution in [-0.4, -0.2) is 37.5 Å². The number of anilines is 1. The smallest absolute Gasteiger partial charge is 0.437 e. The molecule has 3 N–H and O–H groups in total. The van der Waals surface area contributed by atoms with E-state index in [1.165, 1.54) is 11.1 Å². The van der Waals surface area contributed by atoms with Gasteiger partial charge >= 0.3 is 6.09 Å². The number of rotatable bonds is 9. The first-order valence-electron chi connectivity index (χ1n) is 10.9. The largest absolute Gasteiger partial charge is 0.439 e. The molecule has 3 heterocycles. The predicted molar refractivity (Wildman–Crippen MR) is 124 cm³/mol. The van der Waals surface area contributed by atoms with E-state index in [1.54, 1.807) is 18.3 Å². The van der Waals surface area contributed by atoms with Crippen LogP contribution in [0.25, 0.3) is 10.9 Å². The lowest BCUT2D eigenvalue weighted by Gasteiger charge is -2.08. The van der Waals surface area contributed by atoms with Crippen molar-refractivity contribution in [3.8, 4) is 11.6 Å². The summed E-state index contributed by atoms with van der Waals surface area (Å²) in [5, 5.41) is 13.7. The standard InChI is InChI=1S/C23H27N7O3/c1-4-8-24-13-17-11-22(26-14-25-17)32-18-5-6-20-16(10-18)7-9-30(20)33-23(31)27-21-12-19(15(2)3)28-29-21/h5-7,9-12,14-15,24H,4,8,13H2,1-3H3,(H2,27,28,29,31). The molecule has 1 aromatic carbocycles. The molecule has 172 valence electrons. The first kappa shape index (κ1) is 22.3.